The maximum absolute atomic E-state index is 13.9. The Morgan fingerprint density at radius 2 is 2.32 bits per heavy atom. The molecule has 3 N–H and O–H groups in total. The van der Waals surface area contributed by atoms with Crippen molar-refractivity contribution in [1.29, 1.82) is 0 Å². The number of nitrogens with one attached hydrogen (secondary N) is 1. The Hall–Kier alpha value is -1.58. The summed E-state index contributed by atoms with van der Waals surface area (Å²) in [6.07, 6.45) is 2.15. The van der Waals surface area contributed by atoms with Gasteiger partial charge < -0.3 is 24.1 Å². The molecule has 1 fully saturated rings. The quantitative estimate of drug-likeness (QED) is 0.701. The van der Waals surface area contributed by atoms with Crippen molar-refractivity contribution < 1.29 is 28.0 Å². The lowest BCUT2D eigenvalue weighted by atomic mass is 10.2. The van der Waals surface area contributed by atoms with Crippen LogP contribution in [0.4, 0.5) is 4.39 Å². The van der Waals surface area contributed by atoms with Gasteiger partial charge in [0.1, 0.15) is 11.6 Å². The van der Waals surface area contributed by atoms with Crippen LogP contribution < -0.4 is 5.56 Å². The van der Waals surface area contributed by atoms with Crippen LogP contribution in [0.5, 0.6) is 0 Å². The van der Waals surface area contributed by atoms with Crippen LogP contribution in [0.3, 0.4) is 0 Å². The number of hydrogen-bond acceptors (Lipinski definition) is 5. The predicted octanol–water partition coefficient (Wildman–Crippen LogP) is 0.651. The van der Waals surface area contributed by atoms with Gasteiger partial charge in [0, 0.05) is 6.20 Å². The van der Waals surface area contributed by atoms with Crippen molar-refractivity contribution in [3.8, 4) is 0 Å². The van der Waals surface area contributed by atoms with Gasteiger partial charge in [0.05, 0.1) is 19.0 Å². The number of phosphoric ester groups is 1. The first-order valence-corrected chi connectivity index (χ1v) is 7.97. The molecular weight excluding hydrogens is 320 g/mol. The van der Waals surface area contributed by atoms with Gasteiger partial charge in [-0.15, -0.1) is 0 Å². The molecule has 1 unspecified atom stereocenters. The van der Waals surface area contributed by atoms with E-state index in [0.29, 0.717) is 12.8 Å². The molecule has 2 aromatic rings. The Balaban J connectivity index is 1.81. The molecule has 0 amide bonds. The fourth-order valence-electron chi connectivity index (χ4n) is 2.46. The molecule has 1 aliphatic heterocycles. The van der Waals surface area contributed by atoms with Crippen molar-refractivity contribution in [3.63, 3.8) is 0 Å². The van der Waals surface area contributed by atoms with Crippen LogP contribution >= 0.6 is 7.82 Å². The smallest absolute Gasteiger partial charge is 0.352 e. The maximum Gasteiger partial charge on any atom is 0.469 e. The first-order valence-electron chi connectivity index (χ1n) is 6.44. The third kappa shape index (κ3) is 2.96. The standard InChI is InChI=1S/C11H13FN3O6P/c12-7-3-15(10-9(7)11(16)14-5-13-10)8-2-1-6(21-8)4-20-22(17,18)19/h3,5-6,8H,1-2,4H2,(H,13,14,16)(H2,17,18,19)/t6?,8-/m1/s1. The van der Waals surface area contributed by atoms with Gasteiger partial charge in [-0.3, -0.25) is 9.32 Å². The summed E-state index contributed by atoms with van der Waals surface area (Å²) in [5.41, 5.74) is -0.427. The summed E-state index contributed by atoms with van der Waals surface area (Å²) < 4.78 is 35.9. The first kappa shape index (κ1) is 15.3. The summed E-state index contributed by atoms with van der Waals surface area (Å²) in [5.74, 6) is -0.706. The highest BCUT2D eigenvalue weighted by molar-refractivity contribution is 7.46. The van der Waals surface area contributed by atoms with E-state index in [2.05, 4.69) is 14.5 Å². The Morgan fingerprint density at radius 3 is 3.05 bits per heavy atom. The van der Waals surface area contributed by atoms with Crippen molar-refractivity contribution in [1.82, 2.24) is 14.5 Å². The minimum atomic E-state index is -4.56. The van der Waals surface area contributed by atoms with Crippen LogP contribution in [0.15, 0.2) is 17.3 Å². The molecule has 0 aliphatic carbocycles. The highest BCUT2D eigenvalue weighted by Crippen LogP contribution is 2.38. The number of nitrogens with zero attached hydrogens (tertiary/aromatic N) is 2. The third-order valence-electron chi connectivity index (χ3n) is 3.39. The molecular formula is C11H13FN3O6P. The van der Waals surface area contributed by atoms with Crippen molar-refractivity contribution in [2.24, 2.45) is 0 Å². The fourth-order valence-corrected chi connectivity index (χ4v) is 2.82. The Labute approximate surface area is 122 Å². The predicted molar refractivity (Wildman–Crippen MR) is 71.5 cm³/mol. The SMILES string of the molecule is O=c1[nH]cnc2c1c(F)cn2[C@H]1CCC(COP(=O)(O)O)O1. The van der Waals surface area contributed by atoms with E-state index in [-0.39, 0.29) is 17.6 Å². The number of rotatable bonds is 4. The molecule has 9 nitrogen and oxygen atoms in total. The lowest BCUT2D eigenvalue weighted by Gasteiger charge is -2.15. The van der Waals surface area contributed by atoms with Gasteiger partial charge in [0.25, 0.3) is 5.56 Å². The largest absolute Gasteiger partial charge is 0.469 e. The summed E-state index contributed by atoms with van der Waals surface area (Å²) in [4.78, 5) is 35.2. The lowest BCUT2D eigenvalue weighted by molar-refractivity contribution is -0.0204. The van der Waals surface area contributed by atoms with Gasteiger partial charge in [-0.2, -0.15) is 0 Å². The fraction of sp³-hybridized carbons (Fsp3) is 0.455. The van der Waals surface area contributed by atoms with E-state index in [1.807, 2.05) is 0 Å². The summed E-state index contributed by atoms with van der Waals surface area (Å²) >= 11 is 0. The van der Waals surface area contributed by atoms with E-state index in [4.69, 9.17) is 14.5 Å². The zero-order valence-corrected chi connectivity index (χ0v) is 12.1. The van der Waals surface area contributed by atoms with Gasteiger partial charge in [0.2, 0.25) is 0 Å². The number of phosphoric acid groups is 1. The van der Waals surface area contributed by atoms with Gasteiger partial charge in [-0.05, 0) is 12.8 Å². The van der Waals surface area contributed by atoms with Crippen LogP contribution in [0.1, 0.15) is 19.1 Å². The number of halogens is 1. The van der Waals surface area contributed by atoms with Gasteiger partial charge in [-0.1, -0.05) is 0 Å². The maximum atomic E-state index is 13.9. The number of aromatic amines is 1. The zero-order chi connectivity index (χ0) is 15.9. The second-order valence-electron chi connectivity index (χ2n) is 4.89. The summed E-state index contributed by atoms with van der Waals surface area (Å²) in [7, 11) is -4.56. The molecule has 0 aromatic carbocycles. The van der Waals surface area contributed by atoms with Crippen LogP contribution in [-0.2, 0) is 13.8 Å². The Bertz CT molecular complexity index is 799. The normalized spacial score (nSPS) is 22.5. The topological polar surface area (TPSA) is 127 Å². The minimum Gasteiger partial charge on any atom is -0.352 e. The number of H-pyrrole nitrogens is 1. The van der Waals surface area contributed by atoms with Crippen molar-refractivity contribution in [3.05, 3.63) is 28.7 Å². The Kier molecular flexibility index (Phi) is 3.87. The van der Waals surface area contributed by atoms with Gasteiger partial charge in [-0.25, -0.2) is 13.9 Å². The van der Waals surface area contributed by atoms with E-state index < -0.39 is 31.5 Å². The average Bonchev–Trinajstić information content (AvgIpc) is 3.01. The molecule has 3 heterocycles. The molecule has 22 heavy (non-hydrogen) atoms. The molecule has 0 bridgehead atoms. The monoisotopic (exact) mass is 333 g/mol. The first-order chi connectivity index (χ1) is 10.3. The second-order valence-corrected chi connectivity index (χ2v) is 6.13. The third-order valence-corrected chi connectivity index (χ3v) is 3.88. The van der Waals surface area contributed by atoms with Crippen LogP contribution in [0.2, 0.25) is 0 Å². The van der Waals surface area contributed by atoms with Crippen molar-refractivity contribution >= 4 is 18.9 Å². The average molecular weight is 333 g/mol. The van der Waals surface area contributed by atoms with E-state index in [9.17, 15) is 13.8 Å². The molecule has 120 valence electrons. The minimum absolute atomic E-state index is 0.152. The molecule has 1 aliphatic rings. The molecule has 0 saturated carbocycles. The molecule has 3 rings (SSSR count). The molecule has 2 atom stereocenters. The Morgan fingerprint density at radius 1 is 1.55 bits per heavy atom. The lowest BCUT2D eigenvalue weighted by Crippen LogP contribution is -2.16. The van der Waals surface area contributed by atoms with Crippen LogP contribution in [-0.4, -0.2) is 37.0 Å². The van der Waals surface area contributed by atoms with Gasteiger partial charge in [0.15, 0.2) is 11.5 Å². The van der Waals surface area contributed by atoms with Crippen molar-refractivity contribution in [2.45, 2.75) is 25.2 Å². The van der Waals surface area contributed by atoms with E-state index in [0.717, 1.165) is 6.20 Å². The number of hydrogen-bond donors (Lipinski definition) is 3. The number of fused-ring (bicyclic) bond motifs is 1. The molecule has 2 aromatic heterocycles. The highest BCUT2D eigenvalue weighted by atomic mass is 31.2. The molecule has 0 radical (unpaired) electrons. The van der Waals surface area contributed by atoms with Crippen LogP contribution in [0, 0.1) is 5.82 Å². The molecule has 1 saturated heterocycles. The van der Waals surface area contributed by atoms with E-state index in [1.54, 1.807) is 0 Å². The van der Waals surface area contributed by atoms with Crippen molar-refractivity contribution in [2.75, 3.05) is 6.61 Å². The number of aromatic nitrogens is 3. The summed E-state index contributed by atoms with van der Waals surface area (Å²) in [5, 5.41) is -0.152. The summed E-state index contributed by atoms with van der Waals surface area (Å²) in [6, 6.07) is 0. The number of ether oxygens (including phenoxy) is 1. The zero-order valence-electron chi connectivity index (χ0n) is 11.2. The van der Waals surface area contributed by atoms with Crippen LogP contribution in [0.25, 0.3) is 11.0 Å². The molecule has 0 spiro atoms. The summed E-state index contributed by atoms with van der Waals surface area (Å²) in [6.45, 7) is -0.267. The second kappa shape index (κ2) is 5.56. The highest BCUT2D eigenvalue weighted by Gasteiger charge is 2.30. The van der Waals surface area contributed by atoms with E-state index >= 15 is 0 Å². The molecule has 11 heteroatoms. The van der Waals surface area contributed by atoms with E-state index in [1.165, 1.54) is 10.9 Å². The van der Waals surface area contributed by atoms with Gasteiger partial charge >= 0.3 is 7.82 Å².